The highest BCUT2D eigenvalue weighted by Crippen LogP contribution is 2.37. The Morgan fingerprint density at radius 2 is 1.88 bits per heavy atom. The number of hydrogen-bond donors (Lipinski definition) is 1. The Kier molecular flexibility index (Phi) is 2.57. The second-order valence-corrected chi connectivity index (χ2v) is 5.19. The van der Waals surface area contributed by atoms with Crippen LogP contribution < -0.4 is 5.32 Å². The van der Waals surface area contributed by atoms with Crippen LogP contribution in [-0.2, 0) is 10.2 Å². The molecule has 0 fully saturated rings. The molecule has 0 aliphatic carbocycles. The summed E-state index contributed by atoms with van der Waals surface area (Å²) in [5.41, 5.74) is 1.86. The minimum atomic E-state index is -0.628. The summed E-state index contributed by atoms with van der Waals surface area (Å²) in [4.78, 5) is 23.9. The molecule has 17 heavy (non-hydrogen) atoms. The number of aryl methyl sites for hydroxylation is 1. The lowest BCUT2D eigenvalue weighted by atomic mass is 9.69. The summed E-state index contributed by atoms with van der Waals surface area (Å²) >= 11 is 0. The van der Waals surface area contributed by atoms with Gasteiger partial charge in [0.1, 0.15) is 0 Å². The summed E-state index contributed by atoms with van der Waals surface area (Å²) in [7, 11) is 0. The molecule has 1 aromatic rings. The average Bonchev–Trinajstić information content (AvgIpc) is 2.25. The van der Waals surface area contributed by atoms with E-state index in [1.54, 1.807) is 0 Å². The molecular formula is C14H17NO2. The Bertz CT molecular complexity index is 505. The molecular weight excluding hydrogens is 214 g/mol. The molecule has 0 radical (unpaired) electrons. The maximum atomic E-state index is 12.1. The van der Waals surface area contributed by atoms with Gasteiger partial charge in [0.05, 0.1) is 5.41 Å². The van der Waals surface area contributed by atoms with Crippen LogP contribution in [0.2, 0.25) is 0 Å². The first-order valence-corrected chi connectivity index (χ1v) is 5.84. The Labute approximate surface area is 101 Å². The molecule has 0 bridgehead atoms. The van der Waals surface area contributed by atoms with Crippen molar-refractivity contribution in [2.24, 2.45) is 5.92 Å². The van der Waals surface area contributed by atoms with E-state index in [2.05, 4.69) is 5.32 Å². The van der Waals surface area contributed by atoms with Gasteiger partial charge in [0, 0.05) is 5.56 Å². The van der Waals surface area contributed by atoms with Gasteiger partial charge in [-0.1, -0.05) is 31.5 Å². The van der Waals surface area contributed by atoms with E-state index in [9.17, 15) is 9.59 Å². The molecule has 2 amide bonds. The first kappa shape index (κ1) is 11.8. The van der Waals surface area contributed by atoms with Crippen molar-refractivity contribution in [3.63, 3.8) is 0 Å². The molecule has 90 valence electrons. The maximum Gasteiger partial charge on any atom is 0.258 e. The Balaban J connectivity index is 2.71. The number of fused-ring (bicyclic) bond motifs is 1. The quantitative estimate of drug-likeness (QED) is 0.753. The minimum Gasteiger partial charge on any atom is -0.292 e. The topological polar surface area (TPSA) is 46.2 Å². The van der Waals surface area contributed by atoms with E-state index in [1.807, 2.05) is 45.9 Å². The third kappa shape index (κ3) is 1.57. The number of carbonyl (C=O) groups is 2. The van der Waals surface area contributed by atoms with E-state index in [1.165, 1.54) is 0 Å². The van der Waals surface area contributed by atoms with E-state index < -0.39 is 5.41 Å². The van der Waals surface area contributed by atoms with Crippen LogP contribution in [0.3, 0.4) is 0 Å². The van der Waals surface area contributed by atoms with E-state index in [-0.39, 0.29) is 17.7 Å². The summed E-state index contributed by atoms with van der Waals surface area (Å²) in [5, 5.41) is 2.46. The molecule has 1 unspecified atom stereocenters. The molecule has 0 spiro atoms. The molecule has 3 heteroatoms. The lowest BCUT2D eigenvalue weighted by molar-refractivity contribution is -0.127. The van der Waals surface area contributed by atoms with Gasteiger partial charge < -0.3 is 0 Å². The SMILES string of the molecule is Cc1ccc2c(c1)C(=O)NC(=O)C2(C)C(C)C. The Morgan fingerprint density at radius 3 is 2.47 bits per heavy atom. The van der Waals surface area contributed by atoms with E-state index in [0.29, 0.717) is 5.56 Å². The van der Waals surface area contributed by atoms with Crippen LogP contribution in [0.5, 0.6) is 0 Å². The number of carbonyl (C=O) groups excluding carboxylic acids is 2. The zero-order valence-corrected chi connectivity index (χ0v) is 10.6. The molecule has 1 atom stereocenters. The highest BCUT2D eigenvalue weighted by molar-refractivity contribution is 6.13. The number of imide groups is 1. The van der Waals surface area contributed by atoms with Gasteiger partial charge in [-0.05, 0) is 31.4 Å². The first-order chi connectivity index (χ1) is 7.87. The normalized spacial score (nSPS) is 23.6. The van der Waals surface area contributed by atoms with Crippen molar-refractivity contribution in [1.29, 1.82) is 0 Å². The van der Waals surface area contributed by atoms with Crippen molar-refractivity contribution in [2.45, 2.75) is 33.1 Å². The van der Waals surface area contributed by atoms with Crippen molar-refractivity contribution in [1.82, 2.24) is 5.32 Å². The fraction of sp³-hybridized carbons (Fsp3) is 0.429. The van der Waals surface area contributed by atoms with Crippen LogP contribution >= 0.6 is 0 Å². The lowest BCUT2D eigenvalue weighted by Gasteiger charge is -2.37. The summed E-state index contributed by atoms with van der Waals surface area (Å²) in [6.07, 6.45) is 0. The highest BCUT2D eigenvalue weighted by atomic mass is 16.2. The van der Waals surface area contributed by atoms with Crippen LogP contribution in [0.4, 0.5) is 0 Å². The van der Waals surface area contributed by atoms with Gasteiger partial charge >= 0.3 is 0 Å². The van der Waals surface area contributed by atoms with Gasteiger partial charge in [-0.15, -0.1) is 0 Å². The number of rotatable bonds is 1. The second-order valence-electron chi connectivity index (χ2n) is 5.19. The molecule has 1 aliphatic rings. The molecule has 3 nitrogen and oxygen atoms in total. The molecule has 0 saturated heterocycles. The van der Waals surface area contributed by atoms with Crippen molar-refractivity contribution in [3.05, 3.63) is 34.9 Å². The van der Waals surface area contributed by atoms with E-state index >= 15 is 0 Å². The number of amides is 2. The van der Waals surface area contributed by atoms with Crippen LogP contribution in [0, 0.1) is 12.8 Å². The molecule has 1 N–H and O–H groups in total. The fourth-order valence-electron chi connectivity index (χ4n) is 2.29. The van der Waals surface area contributed by atoms with Crippen molar-refractivity contribution in [3.8, 4) is 0 Å². The van der Waals surface area contributed by atoms with Crippen LogP contribution in [0.1, 0.15) is 42.3 Å². The summed E-state index contributed by atoms with van der Waals surface area (Å²) in [6.45, 7) is 7.84. The minimum absolute atomic E-state index is 0.136. The molecule has 0 aromatic heterocycles. The number of nitrogens with one attached hydrogen (secondary N) is 1. The average molecular weight is 231 g/mol. The summed E-state index contributed by atoms with van der Waals surface area (Å²) < 4.78 is 0. The van der Waals surface area contributed by atoms with Crippen LogP contribution in [0.15, 0.2) is 18.2 Å². The molecule has 1 heterocycles. The van der Waals surface area contributed by atoms with Crippen LogP contribution in [-0.4, -0.2) is 11.8 Å². The van der Waals surface area contributed by atoms with Crippen molar-refractivity contribution < 1.29 is 9.59 Å². The fourth-order valence-corrected chi connectivity index (χ4v) is 2.29. The van der Waals surface area contributed by atoms with Gasteiger partial charge in [-0.2, -0.15) is 0 Å². The summed E-state index contributed by atoms with van der Waals surface area (Å²) in [6, 6.07) is 5.70. The van der Waals surface area contributed by atoms with E-state index in [0.717, 1.165) is 11.1 Å². The molecule has 0 saturated carbocycles. The third-order valence-corrected chi connectivity index (χ3v) is 3.83. The first-order valence-electron chi connectivity index (χ1n) is 5.84. The van der Waals surface area contributed by atoms with Gasteiger partial charge in [0.2, 0.25) is 5.91 Å². The Morgan fingerprint density at radius 1 is 1.24 bits per heavy atom. The zero-order valence-electron chi connectivity index (χ0n) is 10.6. The predicted octanol–water partition coefficient (Wildman–Crippen LogP) is 2.18. The smallest absolute Gasteiger partial charge is 0.258 e. The lowest BCUT2D eigenvalue weighted by Crippen LogP contribution is -2.53. The largest absolute Gasteiger partial charge is 0.292 e. The third-order valence-electron chi connectivity index (χ3n) is 3.83. The van der Waals surface area contributed by atoms with Gasteiger partial charge in [-0.25, -0.2) is 0 Å². The number of benzene rings is 1. The standard InChI is InChI=1S/C14H17NO2/c1-8(2)14(4)11-6-5-9(3)7-10(11)12(16)15-13(14)17/h5-8H,1-4H3,(H,15,16,17). The van der Waals surface area contributed by atoms with Crippen LogP contribution in [0.25, 0.3) is 0 Å². The summed E-state index contributed by atoms with van der Waals surface area (Å²) in [5.74, 6) is -0.349. The zero-order chi connectivity index (χ0) is 12.8. The van der Waals surface area contributed by atoms with E-state index in [4.69, 9.17) is 0 Å². The monoisotopic (exact) mass is 231 g/mol. The van der Waals surface area contributed by atoms with Crippen molar-refractivity contribution >= 4 is 11.8 Å². The second kappa shape index (κ2) is 3.69. The highest BCUT2D eigenvalue weighted by Gasteiger charge is 2.44. The molecule has 1 aromatic carbocycles. The van der Waals surface area contributed by atoms with Crippen molar-refractivity contribution in [2.75, 3.05) is 0 Å². The number of hydrogen-bond acceptors (Lipinski definition) is 2. The predicted molar refractivity (Wildman–Crippen MR) is 65.8 cm³/mol. The van der Waals surface area contributed by atoms with Gasteiger partial charge in [0.25, 0.3) is 5.91 Å². The van der Waals surface area contributed by atoms with Gasteiger partial charge in [0.15, 0.2) is 0 Å². The maximum absolute atomic E-state index is 12.1. The van der Waals surface area contributed by atoms with Gasteiger partial charge in [-0.3, -0.25) is 14.9 Å². The molecule has 1 aliphatic heterocycles. The molecule has 2 rings (SSSR count). The Hall–Kier alpha value is -1.64.